The van der Waals surface area contributed by atoms with Gasteiger partial charge in [-0.25, -0.2) is 0 Å². The number of amides is 1. The number of carbonyl (C=O) groups is 1. The summed E-state index contributed by atoms with van der Waals surface area (Å²) in [7, 11) is 0. The van der Waals surface area contributed by atoms with Crippen molar-refractivity contribution in [3.8, 4) is 0 Å². The minimum atomic E-state index is 0.0802. The fourth-order valence-corrected chi connectivity index (χ4v) is 2.99. The van der Waals surface area contributed by atoms with Crippen molar-refractivity contribution in [2.24, 2.45) is 5.92 Å². The lowest BCUT2D eigenvalue weighted by molar-refractivity contribution is 0.0947. The highest BCUT2D eigenvalue weighted by molar-refractivity contribution is 5.94. The lowest BCUT2D eigenvalue weighted by atomic mass is 10.1. The molecule has 96 valence electrons. The van der Waals surface area contributed by atoms with Crippen molar-refractivity contribution in [2.75, 3.05) is 6.54 Å². The standard InChI is InChI=1S/C15H20N2O/c18-15(17-8-11-3-1-2-4-11)12-5-6-13-9-16-10-14(13)7-12/h5-7,11,16H,1-4,8-10H2,(H,17,18). The van der Waals surface area contributed by atoms with Crippen LogP contribution in [0.15, 0.2) is 18.2 Å². The zero-order chi connectivity index (χ0) is 12.4. The molecule has 3 rings (SSSR count). The molecule has 1 aromatic rings. The SMILES string of the molecule is O=C(NCC1CCCC1)c1ccc2c(c1)CNC2. The quantitative estimate of drug-likeness (QED) is 0.856. The summed E-state index contributed by atoms with van der Waals surface area (Å²) in [4.78, 5) is 12.1. The van der Waals surface area contributed by atoms with E-state index in [0.717, 1.165) is 25.2 Å². The summed E-state index contributed by atoms with van der Waals surface area (Å²) in [6.45, 7) is 2.66. The van der Waals surface area contributed by atoms with Crippen LogP contribution in [0.3, 0.4) is 0 Å². The zero-order valence-electron chi connectivity index (χ0n) is 10.7. The highest BCUT2D eigenvalue weighted by Gasteiger charge is 2.17. The monoisotopic (exact) mass is 244 g/mol. The molecule has 1 aliphatic carbocycles. The van der Waals surface area contributed by atoms with Gasteiger partial charge in [-0.1, -0.05) is 18.9 Å². The molecule has 0 bridgehead atoms. The van der Waals surface area contributed by atoms with Crippen molar-refractivity contribution < 1.29 is 4.79 Å². The Kier molecular flexibility index (Phi) is 3.33. The summed E-state index contributed by atoms with van der Waals surface area (Å²) >= 11 is 0. The van der Waals surface area contributed by atoms with Crippen LogP contribution in [0.4, 0.5) is 0 Å². The molecule has 1 amide bonds. The zero-order valence-corrected chi connectivity index (χ0v) is 10.7. The van der Waals surface area contributed by atoms with Gasteiger partial charge < -0.3 is 10.6 Å². The van der Waals surface area contributed by atoms with Crippen LogP contribution in [-0.2, 0) is 13.1 Å². The van der Waals surface area contributed by atoms with Gasteiger partial charge >= 0.3 is 0 Å². The van der Waals surface area contributed by atoms with E-state index >= 15 is 0 Å². The van der Waals surface area contributed by atoms with Crippen LogP contribution in [-0.4, -0.2) is 12.5 Å². The second-order valence-corrected chi connectivity index (χ2v) is 5.45. The Morgan fingerprint density at radius 2 is 2.00 bits per heavy atom. The molecule has 1 aromatic carbocycles. The second-order valence-electron chi connectivity index (χ2n) is 5.45. The van der Waals surface area contributed by atoms with Crippen LogP contribution in [0, 0.1) is 5.92 Å². The van der Waals surface area contributed by atoms with E-state index < -0.39 is 0 Å². The maximum Gasteiger partial charge on any atom is 0.251 e. The van der Waals surface area contributed by atoms with E-state index in [1.165, 1.54) is 36.8 Å². The summed E-state index contributed by atoms with van der Waals surface area (Å²) in [6, 6.07) is 6.04. The van der Waals surface area contributed by atoms with Gasteiger partial charge in [0.05, 0.1) is 0 Å². The van der Waals surface area contributed by atoms with Crippen molar-refractivity contribution in [2.45, 2.75) is 38.8 Å². The van der Waals surface area contributed by atoms with Gasteiger partial charge in [-0.05, 0) is 42.0 Å². The van der Waals surface area contributed by atoms with Crippen molar-refractivity contribution >= 4 is 5.91 Å². The Morgan fingerprint density at radius 1 is 1.22 bits per heavy atom. The van der Waals surface area contributed by atoms with Crippen molar-refractivity contribution in [1.29, 1.82) is 0 Å². The van der Waals surface area contributed by atoms with Crippen LogP contribution in [0.25, 0.3) is 0 Å². The number of nitrogens with one attached hydrogen (secondary N) is 2. The fourth-order valence-electron chi connectivity index (χ4n) is 2.99. The summed E-state index contributed by atoms with van der Waals surface area (Å²) in [6.07, 6.45) is 5.19. The Labute approximate surface area is 108 Å². The third kappa shape index (κ3) is 2.41. The van der Waals surface area contributed by atoms with Crippen LogP contribution in [0.1, 0.15) is 47.2 Å². The molecule has 2 N–H and O–H groups in total. The predicted octanol–water partition coefficient (Wildman–Crippen LogP) is 2.21. The number of hydrogen-bond acceptors (Lipinski definition) is 2. The molecule has 2 aliphatic rings. The molecule has 3 heteroatoms. The fraction of sp³-hybridized carbons (Fsp3) is 0.533. The van der Waals surface area contributed by atoms with E-state index in [2.05, 4.69) is 16.7 Å². The molecule has 1 saturated carbocycles. The topological polar surface area (TPSA) is 41.1 Å². The van der Waals surface area contributed by atoms with Crippen molar-refractivity contribution in [3.05, 3.63) is 34.9 Å². The van der Waals surface area contributed by atoms with Gasteiger partial charge in [0, 0.05) is 25.2 Å². The van der Waals surface area contributed by atoms with Gasteiger partial charge in [0.15, 0.2) is 0 Å². The van der Waals surface area contributed by atoms with Crippen LogP contribution < -0.4 is 10.6 Å². The molecule has 1 aliphatic heterocycles. The lowest BCUT2D eigenvalue weighted by Gasteiger charge is -2.11. The first-order valence-corrected chi connectivity index (χ1v) is 6.93. The lowest BCUT2D eigenvalue weighted by Crippen LogP contribution is -2.28. The maximum absolute atomic E-state index is 12.1. The molecule has 3 nitrogen and oxygen atoms in total. The van der Waals surface area contributed by atoms with Crippen molar-refractivity contribution in [1.82, 2.24) is 10.6 Å². The number of hydrogen-bond donors (Lipinski definition) is 2. The Bertz CT molecular complexity index is 450. The maximum atomic E-state index is 12.1. The predicted molar refractivity (Wildman–Crippen MR) is 71.3 cm³/mol. The second kappa shape index (κ2) is 5.11. The molecule has 0 unspecified atom stereocenters. The summed E-state index contributed by atoms with van der Waals surface area (Å²) < 4.78 is 0. The minimum Gasteiger partial charge on any atom is -0.352 e. The van der Waals surface area contributed by atoms with E-state index in [0.29, 0.717) is 5.92 Å². The van der Waals surface area contributed by atoms with E-state index in [1.807, 2.05) is 12.1 Å². The van der Waals surface area contributed by atoms with Gasteiger partial charge in [-0.3, -0.25) is 4.79 Å². The molecule has 0 spiro atoms. The molecule has 1 heterocycles. The van der Waals surface area contributed by atoms with Gasteiger partial charge in [0.25, 0.3) is 5.91 Å². The number of fused-ring (bicyclic) bond motifs is 1. The smallest absolute Gasteiger partial charge is 0.251 e. The Hall–Kier alpha value is -1.35. The molecule has 0 saturated heterocycles. The number of rotatable bonds is 3. The Morgan fingerprint density at radius 3 is 2.83 bits per heavy atom. The third-order valence-corrected chi connectivity index (χ3v) is 4.13. The first kappa shape index (κ1) is 11.7. The molecular weight excluding hydrogens is 224 g/mol. The molecule has 0 radical (unpaired) electrons. The van der Waals surface area contributed by atoms with Crippen LogP contribution in [0.2, 0.25) is 0 Å². The minimum absolute atomic E-state index is 0.0802. The molecular formula is C15H20N2O. The van der Waals surface area contributed by atoms with Gasteiger partial charge in [0.1, 0.15) is 0 Å². The van der Waals surface area contributed by atoms with E-state index in [-0.39, 0.29) is 5.91 Å². The largest absolute Gasteiger partial charge is 0.352 e. The van der Waals surface area contributed by atoms with Crippen LogP contribution in [0.5, 0.6) is 0 Å². The number of carbonyl (C=O) groups excluding carboxylic acids is 1. The highest BCUT2D eigenvalue weighted by Crippen LogP contribution is 2.24. The van der Waals surface area contributed by atoms with E-state index in [9.17, 15) is 4.79 Å². The van der Waals surface area contributed by atoms with Gasteiger partial charge in [0.2, 0.25) is 0 Å². The number of benzene rings is 1. The molecule has 18 heavy (non-hydrogen) atoms. The summed E-state index contributed by atoms with van der Waals surface area (Å²) in [5.74, 6) is 0.779. The average molecular weight is 244 g/mol. The van der Waals surface area contributed by atoms with E-state index in [1.54, 1.807) is 0 Å². The Balaban J connectivity index is 1.61. The van der Waals surface area contributed by atoms with E-state index in [4.69, 9.17) is 0 Å². The molecule has 1 fully saturated rings. The van der Waals surface area contributed by atoms with Gasteiger partial charge in [-0.2, -0.15) is 0 Å². The third-order valence-electron chi connectivity index (χ3n) is 4.13. The first-order chi connectivity index (χ1) is 8.83. The summed E-state index contributed by atoms with van der Waals surface area (Å²) in [5, 5.41) is 6.37. The average Bonchev–Trinajstić information content (AvgIpc) is 3.05. The molecule has 0 atom stereocenters. The highest BCUT2D eigenvalue weighted by atomic mass is 16.1. The molecule has 0 aromatic heterocycles. The normalized spacial score (nSPS) is 18.9. The summed E-state index contributed by atoms with van der Waals surface area (Å²) in [5.41, 5.74) is 3.39. The first-order valence-electron chi connectivity index (χ1n) is 6.93. The van der Waals surface area contributed by atoms with Crippen LogP contribution >= 0.6 is 0 Å². The van der Waals surface area contributed by atoms with Gasteiger partial charge in [-0.15, -0.1) is 0 Å². The van der Waals surface area contributed by atoms with Crippen molar-refractivity contribution in [3.63, 3.8) is 0 Å².